The quantitative estimate of drug-likeness (QED) is 0.748. The summed E-state index contributed by atoms with van der Waals surface area (Å²) in [6, 6.07) is 12.2. The van der Waals surface area contributed by atoms with Gasteiger partial charge in [-0.2, -0.15) is 13.2 Å². The Kier molecular flexibility index (Phi) is 4.29. The number of alkyl halides is 3. The third-order valence-electron chi connectivity index (χ3n) is 4.27. The van der Waals surface area contributed by atoms with Crippen LogP contribution in [0.2, 0.25) is 0 Å². The van der Waals surface area contributed by atoms with Gasteiger partial charge in [-0.1, -0.05) is 6.07 Å². The minimum Gasteiger partial charge on any atom is -0.348 e. The molecule has 0 aliphatic rings. The van der Waals surface area contributed by atoms with Crippen molar-refractivity contribution in [1.82, 2.24) is 9.88 Å². The fourth-order valence-electron chi connectivity index (χ4n) is 2.74. The molecule has 0 bridgehead atoms. The zero-order valence-corrected chi connectivity index (χ0v) is 13.8. The second kappa shape index (κ2) is 6.27. The molecule has 2 aromatic carbocycles. The van der Waals surface area contributed by atoms with Gasteiger partial charge in [0.15, 0.2) is 0 Å². The highest BCUT2D eigenvalue weighted by Gasteiger charge is 2.30. The molecule has 0 aliphatic carbocycles. The van der Waals surface area contributed by atoms with Crippen LogP contribution < -0.4 is 5.32 Å². The number of carbonyl (C=O) groups is 1. The number of nitrogens with one attached hydrogen (secondary N) is 1. The molecule has 0 fully saturated rings. The van der Waals surface area contributed by atoms with Crippen molar-refractivity contribution in [2.75, 3.05) is 0 Å². The van der Waals surface area contributed by atoms with Crippen molar-refractivity contribution < 1.29 is 18.0 Å². The normalized spacial score (nSPS) is 11.7. The summed E-state index contributed by atoms with van der Waals surface area (Å²) in [5.74, 6) is -0.405. The lowest BCUT2D eigenvalue weighted by Gasteiger charge is -2.09. The largest absolute Gasteiger partial charge is 0.416 e. The van der Waals surface area contributed by atoms with Gasteiger partial charge in [0, 0.05) is 35.8 Å². The summed E-state index contributed by atoms with van der Waals surface area (Å²) in [5, 5.41) is 3.82. The van der Waals surface area contributed by atoms with Gasteiger partial charge in [-0.25, -0.2) is 0 Å². The van der Waals surface area contributed by atoms with Gasteiger partial charge in [0.1, 0.15) is 0 Å². The predicted octanol–water partition coefficient (Wildman–Crippen LogP) is 4.44. The molecule has 0 atom stereocenters. The number of amides is 1. The van der Waals surface area contributed by atoms with Gasteiger partial charge in [-0.3, -0.25) is 4.79 Å². The average molecular weight is 346 g/mol. The van der Waals surface area contributed by atoms with Crippen LogP contribution in [0.5, 0.6) is 0 Å². The zero-order chi connectivity index (χ0) is 18.2. The lowest BCUT2D eigenvalue weighted by atomic mass is 10.1. The molecule has 0 spiro atoms. The first-order valence-corrected chi connectivity index (χ1v) is 7.76. The van der Waals surface area contributed by atoms with Gasteiger partial charge < -0.3 is 9.88 Å². The van der Waals surface area contributed by atoms with Gasteiger partial charge in [-0.05, 0) is 55.0 Å². The van der Waals surface area contributed by atoms with E-state index in [-0.39, 0.29) is 5.56 Å². The number of fused-ring (bicyclic) bond motifs is 1. The maximum absolute atomic E-state index is 12.5. The van der Waals surface area contributed by atoms with Crippen LogP contribution in [0.1, 0.15) is 27.2 Å². The van der Waals surface area contributed by atoms with Crippen LogP contribution in [0.15, 0.2) is 48.5 Å². The predicted molar refractivity (Wildman–Crippen MR) is 90.3 cm³/mol. The van der Waals surface area contributed by atoms with E-state index in [9.17, 15) is 18.0 Å². The van der Waals surface area contributed by atoms with E-state index >= 15 is 0 Å². The smallest absolute Gasteiger partial charge is 0.348 e. The number of hydrogen-bond donors (Lipinski definition) is 1. The number of carbonyl (C=O) groups excluding carboxylic acids is 1. The minimum absolute atomic E-state index is 0.199. The maximum Gasteiger partial charge on any atom is 0.416 e. The Morgan fingerprint density at radius 1 is 1.08 bits per heavy atom. The molecular formula is C19H17F3N2O. The highest BCUT2D eigenvalue weighted by molar-refractivity contribution is 5.94. The van der Waals surface area contributed by atoms with Gasteiger partial charge in [-0.15, -0.1) is 0 Å². The average Bonchev–Trinajstić information content (AvgIpc) is 2.86. The first-order valence-electron chi connectivity index (χ1n) is 7.76. The molecule has 130 valence electrons. The second-order valence-corrected chi connectivity index (χ2v) is 6.00. The van der Waals surface area contributed by atoms with Crippen molar-refractivity contribution >= 4 is 16.8 Å². The maximum atomic E-state index is 12.5. The Morgan fingerprint density at radius 2 is 1.76 bits per heavy atom. The van der Waals surface area contributed by atoms with Crippen LogP contribution in [0.4, 0.5) is 13.2 Å². The lowest BCUT2D eigenvalue weighted by Crippen LogP contribution is -2.22. The summed E-state index contributed by atoms with van der Waals surface area (Å²) < 4.78 is 39.7. The second-order valence-electron chi connectivity index (χ2n) is 6.00. The van der Waals surface area contributed by atoms with Crippen LogP contribution in [0.3, 0.4) is 0 Å². The van der Waals surface area contributed by atoms with Gasteiger partial charge in [0.05, 0.1) is 5.56 Å². The minimum atomic E-state index is -4.40. The summed E-state index contributed by atoms with van der Waals surface area (Å²) in [6.07, 6.45) is -4.40. The van der Waals surface area contributed by atoms with E-state index in [1.165, 1.54) is 12.1 Å². The first-order chi connectivity index (χ1) is 11.8. The van der Waals surface area contributed by atoms with Crippen LogP contribution in [-0.4, -0.2) is 10.5 Å². The number of aromatic nitrogens is 1. The first kappa shape index (κ1) is 17.1. The molecule has 0 saturated heterocycles. The fourth-order valence-corrected chi connectivity index (χ4v) is 2.74. The topological polar surface area (TPSA) is 34.0 Å². The zero-order valence-electron chi connectivity index (χ0n) is 13.8. The van der Waals surface area contributed by atoms with Gasteiger partial charge >= 0.3 is 6.18 Å². The Balaban J connectivity index is 1.69. The number of aryl methyl sites for hydroxylation is 2. The summed E-state index contributed by atoms with van der Waals surface area (Å²) in [5.41, 5.74) is 2.60. The summed E-state index contributed by atoms with van der Waals surface area (Å²) in [7, 11) is 1.99. The SMILES string of the molecule is Cc1cc2cc(CNC(=O)c3ccc(C(F)(F)F)cc3)ccc2n1C. The molecular weight excluding hydrogens is 329 g/mol. The molecule has 6 heteroatoms. The Morgan fingerprint density at radius 3 is 2.40 bits per heavy atom. The molecule has 1 heterocycles. The van der Waals surface area contributed by atoms with E-state index < -0.39 is 17.6 Å². The van der Waals surface area contributed by atoms with Gasteiger partial charge in [0.2, 0.25) is 0 Å². The van der Waals surface area contributed by atoms with Crippen molar-refractivity contribution in [3.63, 3.8) is 0 Å². The van der Waals surface area contributed by atoms with E-state index in [2.05, 4.69) is 16.0 Å². The van der Waals surface area contributed by atoms with E-state index in [1.807, 2.05) is 32.2 Å². The third-order valence-corrected chi connectivity index (χ3v) is 4.27. The van der Waals surface area contributed by atoms with Crippen molar-refractivity contribution in [2.45, 2.75) is 19.6 Å². The van der Waals surface area contributed by atoms with E-state index in [1.54, 1.807) is 0 Å². The van der Waals surface area contributed by atoms with Crippen molar-refractivity contribution in [3.05, 3.63) is 70.9 Å². The van der Waals surface area contributed by atoms with E-state index in [4.69, 9.17) is 0 Å². The molecule has 0 radical (unpaired) electrons. The highest BCUT2D eigenvalue weighted by Crippen LogP contribution is 2.29. The summed E-state index contributed by atoms with van der Waals surface area (Å²) >= 11 is 0. The molecule has 1 amide bonds. The van der Waals surface area contributed by atoms with Crippen LogP contribution in [0, 0.1) is 6.92 Å². The molecule has 0 aliphatic heterocycles. The molecule has 25 heavy (non-hydrogen) atoms. The van der Waals surface area contributed by atoms with Crippen molar-refractivity contribution in [1.29, 1.82) is 0 Å². The number of rotatable bonds is 3. The number of benzene rings is 2. The van der Waals surface area contributed by atoms with Crippen LogP contribution in [0.25, 0.3) is 10.9 Å². The Labute approximate surface area is 143 Å². The molecule has 1 N–H and O–H groups in total. The lowest BCUT2D eigenvalue weighted by molar-refractivity contribution is -0.137. The summed E-state index contributed by atoms with van der Waals surface area (Å²) in [4.78, 5) is 12.1. The number of hydrogen-bond acceptors (Lipinski definition) is 1. The van der Waals surface area contributed by atoms with Crippen molar-refractivity contribution in [3.8, 4) is 0 Å². The standard InChI is InChI=1S/C19H17F3N2O/c1-12-9-15-10-13(3-8-17(15)24(12)2)11-23-18(25)14-4-6-16(7-5-14)19(20,21)22/h3-10H,11H2,1-2H3,(H,23,25). The molecule has 3 rings (SSSR count). The fraction of sp³-hybridized carbons (Fsp3) is 0.211. The summed E-state index contributed by atoms with van der Waals surface area (Å²) in [6.45, 7) is 2.33. The van der Waals surface area contributed by atoms with Crippen LogP contribution in [-0.2, 0) is 19.8 Å². The van der Waals surface area contributed by atoms with Crippen molar-refractivity contribution in [2.24, 2.45) is 7.05 Å². The van der Waals surface area contributed by atoms with E-state index in [0.29, 0.717) is 6.54 Å². The number of nitrogens with zero attached hydrogens (tertiary/aromatic N) is 1. The van der Waals surface area contributed by atoms with E-state index in [0.717, 1.165) is 34.3 Å². The Hall–Kier alpha value is -2.76. The molecule has 0 saturated carbocycles. The molecule has 3 nitrogen and oxygen atoms in total. The molecule has 1 aromatic heterocycles. The Bertz CT molecular complexity index is 924. The number of halogens is 3. The highest BCUT2D eigenvalue weighted by atomic mass is 19.4. The van der Waals surface area contributed by atoms with Gasteiger partial charge in [0.25, 0.3) is 5.91 Å². The monoisotopic (exact) mass is 346 g/mol. The molecule has 0 unspecified atom stereocenters. The van der Waals surface area contributed by atoms with Crippen LogP contribution >= 0.6 is 0 Å². The third kappa shape index (κ3) is 3.52. The molecule has 3 aromatic rings.